The first kappa shape index (κ1) is 12.1. The average Bonchev–Trinajstić information content (AvgIpc) is 3.00. The highest BCUT2D eigenvalue weighted by Crippen LogP contribution is 2.26. The van der Waals surface area contributed by atoms with Gasteiger partial charge in [-0.2, -0.15) is 0 Å². The summed E-state index contributed by atoms with van der Waals surface area (Å²) in [6.45, 7) is 4.35. The summed E-state index contributed by atoms with van der Waals surface area (Å²) in [5.74, 6) is 0. The highest BCUT2D eigenvalue weighted by Gasteiger charge is 2.14. The molecule has 1 aromatic carbocycles. The van der Waals surface area contributed by atoms with Gasteiger partial charge in [0.05, 0.1) is 31.1 Å². The van der Waals surface area contributed by atoms with Gasteiger partial charge in [-0.1, -0.05) is 12.1 Å². The monoisotopic (exact) mass is 257 g/mol. The Morgan fingerprint density at radius 2 is 1.95 bits per heavy atom. The second kappa shape index (κ2) is 5.80. The van der Waals surface area contributed by atoms with Crippen LogP contribution >= 0.6 is 0 Å². The van der Waals surface area contributed by atoms with E-state index in [4.69, 9.17) is 4.74 Å². The lowest BCUT2D eigenvalue weighted by atomic mass is 10.2. The Bertz CT molecular complexity index is 504. The number of morpholine rings is 1. The minimum atomic E-state index is 0.810. The van der Waals surface area contributed by atoms with Crippen molar-refractivity contribution < 1.29 is 4.74 Å². The third-order valence-electron chi connectivity index (χ3n) is 3.39. The number of H-pyrrole nitrogens is 1. The van der Waals surface area contributed by atoms with Crippen molar-refractivity contribution in [1.29, 1.82) is 0 Å². The summed E-state index contributed by atoms with van der Waals surface area (Å²) in [5, 5.41) is 3.50. The molecule has 4 heteroatoms. The molecular weight excluding hydrogens is 238 g/mol. The number of rotatable bonds is 4. The molecule has 1 fully saturated rings. The van der Waals surface area contributed by atoms with Crippen LogP contribution in [0.1, 0.15) is 5.69 Å². The van der Waals surface area contributed by atoms with Crippen molar-refractivity contribution in [1.82, 2.24) is 4.98 Å². The number of benzene rings is 1. The van der Waals surface area contributed by atoms with E-state index in [-0.39, 0.29) is 0 Å². The number of para-hydroxylation sites is 2. The van der Waals surface area contributed by atoms with Crippen molar-refractivity contribution in [3.05, 3.63) is 48.3 Å². The van der Waals surface area contributed by atoms with Crippen LogP contribution in [-0.2, 0) is 11.3 Å². The molecule has 2 heterocycles. The van der Waals surface area contributed by atoms with E-state index in [9.17, 15) is 0 Å². The van der Waals surface area contributed by atoms with Gasteiger partial charge in [-0.25, -0.2) is 0 Å². The minimum Gasteiger partial charge on any atom is -0.378 e. The third kappa shape index (κ3) is 2.90. The standard InChI is InChI=1S/C15H19N3O/c1-2-6-15(18-8-10-19-11-9-18)14(5-1)17-12-13-4-3-7-16-13/h1-7,16-17H,8-12H2. The molecule has 1 aromatic heterocycles. The Morgan fingerprint density at radius 1 is 1.11 bits per heavy atom. The third-order valence-corrected chi connectivity index (χ3v) is 3.39. The summed E-state index contributed by atoms with van der Waals surface area (Å²) in [7, 11) is 0. The van der Waals surface area contributed by atoms with Gasteiger partial charge in [-0.05, 0) is 24.3 Å². The first-order valence-electron chi connectivity index (χ1n) is 6.71. The van der Waals surface area contributed by atoms with Crippen molar-refractivity contribution in [3.8, 4) is 0 Å². The van der Waals surface area contributed by atoms with Gasteiger partial charge in [-0.3, -0.25) is 0 Å². The molecule has 0 saturated carbocycles. The number of nitrogens with one attached hydrogen (secondary N) is 2. The maximum atomic E-state index is 5.41. The highest BCUT2D eigenvalue weighted by molar-refractivity contribution is 5.70. The molecule has 2 aromatic rings. The van der Waals surface area contributed by atoms with E-state index in [1.807, 2.05) is 12.3 Å². The van der Waals surface area contributed by atoms with Gasteiger partial charge in [0.2, 0.25) is 0 Å². The predicted molar refractivity (Wildman–Crippen MR) is 77.6 cm³/mol. The van der Waals surface area contributed by atoms with E-state index in [0.29, 0.717) is 0 Å². The fourth-order valence-corrected chi connectivity index (χ4v) is 2.37. The van der Waals surface area contributed by atoms with Crippen LogP contribution in [0.25, 0.3) is 0 Å². The minimum absolute atomic E-state index is 0.810. The smallest absolute Gasteiger partial charge is 0.0642 e. The van der Waals surface area contributed by atoms with Crippen LogP contribution in [0.4, 0.5) is 11.4 Å². The number of ether oxygens (including phenoxy) is 1. The summed E-state index contributed by atoms with van der Waals surface area (Å²) in [6, 6.07) is 12.6. The van der Waals surface area contributed by atoms with E-state index in [1.54, 1.807) is 0 Å². The van der Waals surface area contributed by atoms with Crippen molar-refractivity contribution >= 4 is 11.4 Å². The molecule has 0 aliphatic carbocycles. The Kier molecular flexibility index (Phi) is 3.70. The van der Waals surface area contributed by atoms with E-state index in [2.05, 4.69) is 45.5 Å². The van der Waals surface area contributed by atoms with Gasteiger partial charge < -0.3 is 19.9 Å². The predicted octanol–water partition coefficient (Wildman–Crippen LogP) is 2.46. The fraction of sp³-hybridized carbons (Fsp3) is 0.333. The zero-order chi connectivity index (χ0) is 12.9. The zero-order valence-corrected chi connectivity index (χ0v) is 10.9. The van der Waals surface area contributed by atoms with E-state index >= 15 is 0 Å². The van der Waals surface area contributed by atoms with Gasteiger partial charge in [0.1, 0.15) is 0 Å². The molecule has 1 aliphatic heterocycles. The molecule has 0 bridgehead atoms. The van der Waals surface area contributed by atoms with Gasteiger partial charge in [0.15, 0.2) is 0 Å². The second-order valence-corrected chi connectivity index (χ2v) is 4.67. The number of hydrogen-bond donors (Lipinski definition) is 2. The molecule has 1 saturated heterocycles. The number of hydrogen-bond acceptors (Lipinski definition) is 3. The van der Waals surface area contributed by atoms with Crippen molar-refractivity contribution in [2.24, 2.45) is 0 Å². The Balaban J connectivity index is 1.73. The highest BCUT2D eigenvalue weighted by atomic mass is 16.5. The molecule has 4 nitrogen and oxygen atoms in total. The molecule has 0 unspecified atom stereocenters. The zero-order valence-electron chi connectivity index (χ0n) is 10.9. The van der Waals surface area contributed by atoms with Crippen LogP contribution < -0.4 is 10.2 Å². The molecule has 0 atom stereocenters. The topological polar surface area (TPSA) is 40.3 Å². The van der Waals surface area contributed by atoms with Gasteiger partial charge in [0.25, 0.3) is 0 Å². The van der Waals surface area contributed by atoms with Crippen LogP contribution in [0.3, 0.4) is 0 Å². The number of anilines is 2. The molecule has 100 valence electrons. The van der Waals surface area contributed by atoms with Crippen molar-refractivity contribution in [3.63, 3.8) is 0 Å². The summed E-state index contributed by atoms with van der Waals surface area (Å²) >= 11 is 0. The van der Waals surface area contributed by atoms with Crippen LogP contribution in [-0.4, -0.2) is 31.3 Å². The molecule has 0 radical (unpaired) electrons. The number of aromatic nitrogens is 1. The molecule has 19 heavy (non-hydrogen) atoms. The summed E-state index contributed by atoms with van der Waals surface area (Å²) in [5.41, 5.74) is 3.63. The fourth-order valence-electron chi connectivity index (χ4n) is 2.37. The largest absolute Gasteiger partial charge is 0.378 e. The van der Waals surface area contributed by atoms with E-state index in [1.165, 1.54) is 17.1 Å². The van der Waals surface area contributed by atoms with Crippen LogP contribution in [0.5, 0.6) is 0 Å². The molecule has 0 amide bonds. The molecule has 0 spiro atoms. The Hall–Kier alpha value is -1.94. The summed E-state index contributed by atoms with van der Waals surface area (Å²) in [4.78, 5) is 5.59. The molecule has 1 aliphatic rings. The van der Waals surface area contributed by atoms with Gasteiger partial charge in [0, 0.05) is 25.0 Å². The normalized spacial score (nSPS) is 15.5. The maximum Gasteiger partial charge on any atom is 0.0642 e. The van der Waals surface area contributed by atoms with E-state index < -0.39 is 0 Å². The Morgan fingerprint density at radius 3 is 2.74 bits per heavy atom. The van der Waals surface area contributed by atoms with Crippen LogP contribution in [0, 0.1) is 0 Å². The van der Waals surface area contributed by atoms with Crippen molar-refractivity contribution in [2.45, 2.75) is 6.54 Å². The summed E-state index contributed by atoms with van der Waals surface area (Å²) in [6.07, 6.45) is 1.95. The first-order chi connectivity index (χ1) is 9.43. The quantitative estimate of drug-likeness (QED) is 0.884. The lowest BCUT2D eigenvalue weighted by molar-refractivity contribution is 0.123. The molecule has 3 rings (SSSR count). The number of nitrogens with zero attached hydrogens (tertiary/aromatic N) is 1. The first-order valence-corrected chi connectivity index (χ1v) is 6.71. The Labute approximate surface area is 113 Å². The van der Waals surface area contributed by atoms with Crippen molar-refractivity contribution in [2.75, 3.05) is 36.5 Å². The van der Waals surface area contributed by atoms with Crippen LogP contribution in [0.2, 0.25) is 0 Å². The molecule has 2 N–H and O–H groups in total. The van der Waals surface area contributed by atoms with Crippen LogP contribution in [0.15, 0.2) is 42.6 Å². The lowest BCUT2D eigenvalue weighted by Gasteiger charge is -2.30. The van der Waals surface area contributed by atoms with E-state index in [0.717, 1.165) is 32.8 Å². The van der Waals surface area contributed by atoms with Gasteiger partial charge in [-0.15, -0.1) is 0 Å². The average molecular weight is 257 g/mol. The molecular formula is C15H19N3O. The van der Waals surface area contributed by atoms with Gasteiger partial charge >= 0.3 is 0 Å². The second-order valence-electron chi connectivity index (χ2n) is 4.67. The SMILES string of the molecule is c1c[nH]c(CNc2ccccc2N2CCOCC2)c1. The number of aromatic amines is 1. The summed E-state index contributed by atoms with van der Waals surface area (Å²) < 4.78 is 5.41. The maximum absolute atomic E-state index is 5.41. The lowest BCUT2D eigenvalue weighted by Crippen LogP contribution is -2.36.